The monoisotopic (exact) mass is 964 g/mol. The van der Waals surface area contributed by atoms with Crippen molar-refractivity contribution in [1.29, 1.82) is 0 Å². The number of aromatic nitrogens is 10. The second-order valence-electron chi connectivity index (χ2n) is 20.6. The minimum Gasteiger partial charge on any atom is -0.356 e. The highest BCUT2D eigenvalue weighted by Gasteiger charge is 2.45. The van der Waals surface area contributed by atoms with Gasteiger partial charge in [0.25, 0.3) is 0 Å². The van der Waals surface area contributed by atoms with Crippen molar-refractivity contribution in [3.8, 4) is 0 Å². The fraction of sp³-hybridized carbons (Fsp3) is 0.538. The highest BCUT2D eigenvalue weighted by Crippen LogP contribution is 2.46. The largest absolute Gasteiger partial charge is 0.356 e. The van der Waals surface area contributed by atoms with E-state index in [0.29, 0.717) is 73.1 Å². The molecular formula is C52H58F6N12. The summed E-state index contributed by atoms with van der Waals surface area (Å²) in [6, 6.07) is 8.81. The van der Waals surface area contributed by atoms with Crippen LogP contribution >= 0.6 is 0 Å². The summed E-state index contributed by atoms with van der Waals surface area (Å²) in [7, 11) is 0. The molecule has 70 heavy (non-hydrogen) atoms. The highest BCUT2D eigenvalue weighted by atomic mass is 19.2. The van der Waals surface area contributed by atoms with Crippen LogP contribution in [0.5, 0.6) is 0 Å². The van der Waals surface area contributed by atoms with Crippen molar-refractivity contribution >= 4 is 11.6 Å². The first-order valence-corrected chi connectivity index (χ1v) is 25.2. The zero-order valence-electron chi connectivity index (χ0n) is 39.6. The normalized spacial score (nSPS) is 26.0. The number of rotatable bonds is 8. The van der Waals surface area contributed by atoms with Gasteiger partial charge in [-0.3, -0.25) is 0 Å². The number of hydrogen-bond donors (Lipinski definition) is 0. The van der Waals surface area contributed by atoms with Crippen molar-refractivity contribution < 1.29 is 26.3 Å². The molecule has 2 aliphatic carbocycles. The SMILES string of the molecule is Cc1cc(N2C[C@H]3CC[C@@H](C2)C3Cc2nc3n(n2)CCCC[C@@H]3c2ccc(F)c(F)c2F)ncn1.Cc1cc(N2C[C@H]3CC[C@@H](C2)C3Cc2nc3n(n2)CCCC[C@H]3c2ccc(F)c(F)c2F)ncn1. The lowest BCUT2D eigenvalue weighted by atomic mass is 9.82. The van der Waals surface area contributed by atoms with E-state index in [1.807, 2.05) is 35.3 Å². The van der Waals surface area contributed by atoms with Gasteiger partial charge in [-0.25, -0.2) is 65.6 Å². The van der Waals surface area contributed by atoms with Crippen LogP contribution in [-0.2, 0) is 25.9 Å². The summed E-state index contributed by atoms with van der Waals surface area (Å²) in [5.74, 6) is -0.151. The Kier molecular flexibility index (Phi) is 12.8. The van der Waals surface area contributed by atoms with Crippen molar-refractivity contribution in [2.75, 3.05) is 36.0 Å². The van der Waals surface area contributed by atoms with Gasteiger partial charge in [-0.05, 0) is 113 Å². The Hall–Kier alpha value is -5.94. The molecule has 2 unspecified atom stereocenters. The number of fused-ring (bicyclic) bond motifs is 6. The Labute approximate surface area is 403 Å². The lowest BCUT2D eigenvalue weighted by molar-refractivity contribution is 0.264. The molecule has 368 valence electrons. The highest BCUT2D eigenvalue weighted by molar-refractivity contribution is 5.41. The molecule has 4 aliphatic heterocycles. The average Bonchev–Trinajstić information content (AvgIpc) is 3.97. The Morgan fingerprint density at radius 1 is 0.486 bits per heavy atom. The molecule has 2 saturated carbocycles. The minimum atomic E-state index is -1.42. The van der Waals surface area contributed by atoms with Gasteiger partial charge in [-0.15, -0.1) is 0 Å². The van der Waals surface area contributed by atoms with Crippen LogP contribution in [0.4, 0.5) is 38.0 Å². The van der Waals surface area contributed by atoms with Crippen LogP contribution in [0.15, 0.2) is 49.1 Å². The molecule has 12 rings (SSSR count). The molecule has 0 radical (unpaired) electrons. The second kappa shape index (κ2) is 19.3. The molecule has 0 spiro atoms. The van der Waals surface area contributed by atoms with Crippen molar-refractivity contribution in [2.24, 2.45) is 35.5 Å². The van der Waals surface area contributed by atoms with Crippen LogP contribution in [0.1, 0.15) is 122 Å². The molecule has 2 saturated heterocycles. The van der Waals surface area contributed by atoms with E-state index in [1.54, 1.807) is 12.7 Å². The maximum absolute atomic E-state index is 14.7. The third kappa shape index (κ3) is 9.03. The molecule has 18 heteroatoms. The maximum atomic E-state index is 14.7. The molecule has 2 aromatic carbocycles. The van der Waals surface area contributed by atoms with Gasteiger partial charge in [0.15, 0.2) is 46.6 Å². The van der Waals surface area contributed by atoms with Gasteiger partial charge in [0.1, 0.15) is 35.9 Å². The summed E-state index contributed by atoms with van der Waals surface area (Å²) in [5, 5.41) is 9.63. The number of anilines is 2. The zero-order chi connectivity index (χ0) is 48.2. The van der Waals surface area contributed by atoms with E-state index < -0.39 is 46.7 Å². The molecule has 8 atom stereocenters. The van der Waals surface area contributed by atoms with Gasteiger partial charge >= 0.3 is 0 Å². The Balaban J connectivity index is 0.000000152. The molecular weight excluding hydrogens is 907 g/mol. The predicted molar refractivity (Wildman–Crippen MR) is 249 cm³/mol. The van der Waals surface area contributed by atoms with Crippen LogP contribution in [0.3, 0.4) is 0 Å². The number of piperidine rings is 2. The van der Waals surface area contributed by atoms with Crippen molar-refractivity contribution in [3.63, 3.8) is 0 Å². The molecule has 6 aromatic rings. The van der Waals surface area contributed by atoms with Gasteiger partial charge in [0.2, 0.25) is 0 Å². The molecule has 4 aromatic heterocycles. The fourth-order valence-corrected chi connectivity index (χ4v) is 12.9. The van der Waals surface area contributed by atoms with E-state index in [0.717, 1.165) is 112 Å². The van der Waals surface area contributed by atoms with Gasteiger partial charge in [-0.1, -0.05) is 25.0 Å². The van der Waals surface area contributed by atoms with E-state index in [2.05, 4.69) is 29.7 Å². The lowest BCUT2D eigenvalue weighted by Crippen LogP contribution is -2.43. The summed E-state index contributed by atoms with van der Waals surface area (Å²) >= 11 is 0. The van der Waals surface area contributed by atoms with Crippen LogP contribution in [0.25, 0.3) is 0 Å². The number of halogens is 6. The van der Waals surface area contributed by atoms with Crippen LogP contribution < -0.4 is 9.80 Å². The zero-order valence-corrected chi connectivity index (χ0v) is 39.6. The van der Waals surface area contributed by atoms with Crippen molar-refractivity contribution in [3.05, 3.63) is 130 Å². The summed E-state index contributed by atoms with van der Waals surface area (Å²) in [6.45, 7) is 9.26. The van der Waals surface area contributed by atoms with Gasteiger partial charge in [0.05, 0.1) is 0 Å². The Morgan fingerprint density at radius 2 is 0.886 bits per heavy atom. The van der Waals surface area contributed by atoms with E-state index in [1.165, 1.54) is 37.8 Å². The van der Waals surface area contributed by atoms with E-state index >= 15 is 0 Å². The van der Waals surface area contributed by atoms with Crippen LogP contribution in [0, 0.1) is 84.3 Å². The van der Waals surface area contributed by atoms with E-state index in [9.17, 15) is 26.3 Å². The molecule has 0 amide bonds. The Bertz CT molecular complexity index is 2650. The molecule has 8 heterocycles. The number of nitrogens with zero attached hydrogens (tertiary/aromatic N) is 12. The number of benzene rings is 2. The molecule has 4 fully saturated rings. The third-order valence-corrected chi connectivity index (χ3v) is 16.3. The van der Waals surface area contributed by atoms with Crippen molar-refractivity contribution in [1.82, 2.24) is 49.5 Å². The van der Waals surface area contributed by atoms with Gasteiger partial charge < -0.3 is 9.80 Å². The fourth-order valence-electron chi connectivity index (χ4n) is 12.9. The van der Waals surface area contributed by atoms with Gasteiger partial charge in [0, 0.05) is 98.6 Å². The molecule has 4 bridgehead atoms. The number of aryl methyl sites for hydroxylation is 4. The minimum absolute atomic E-state index is 0.166. The lowest BCUT2D eigenvalue weighted by Gasteiger charge is -2.38. The topological polar surface area (TPSA) is 119 Å². The van der Waals surface area contributed by atoms with Crippen LogP contribution in [-0.4, -0.2) is 75.6 Å². The first kappa shape index (κ1) is 46.4. The second-order valence-corrected chi connectivity index (χ2v) is 20.6. The van der Waals surface area contributed by atoms with Crippen molar-refractivity contribution in [2.45, 2.75) is 116 Å². The van der Waals surface area contributed by atoms with E-state index in [-0.39, 0.29) is 11.1 Å². The third-order valence-electron chi connectivity index (χ3n) is 16.3. The molecule has 0 N–H and O–H groups in total. The Morgan fingerprint density at radius 3 is 1.27 bits per heavy atom. The summed E-state index contributed by atoms with van der Waals surface area (Å²) in [6.07, 6.45) is 14.4. The quantitative estimate of drug-likeness (QED) is 0.108. The summed E-state index contributed by atoms with van der Waals surface area (Å²) in [5.41, 5.74) is 2.28. The standard InChI is InChI=1S/2C26H29F3N6/c2*1-15-10-23(31-14-30-15)34-12-16-5-6-17(13-34)20(16)11-22-32-26-19(4-2-3-9-35(26)33-22)18-7-8-21(27)25(29)24(18)28/h2*7-8,10,14,16-17,19-20H,2-6,9,11-13H2,1H3/t2*16-,17+,19-,20?/m10/s1. The summed E-state index contributed by atoms with van der Waals surface area (Å²) in [4.78, 5) is 31.9. The average molecular weight is 965 g/mol. The van der Waals surface area contributed by atoms with Crippen LogP contribution in [0.2, 0.25) is 0 Å². The first-order valence-electron chi connectivity index (χ1n) is 25.2. The first-order chi connectivity index (χ1) is 33.9. The summed E-state index contributed by atoms with van der Waals surface area (Å²) < 4.78 is 88.2. The predicted octanol–water partition coefficient (Wildman–Crippen LogP) is 9.63. The molecule has 12 nitrogen and oxygen atoms in total. The smallest absolute Gasteiger partial charge is 0.194 e. The van der Waals surface area contributed by atoms with Gasteiger partial charge in [-0.2, -0.15) is 10.2 Å². The maximum Gasteiger partial charge on any atom is 0.194 e. The van der Waals surface area contributed by atoms with E-state index in [4.69, 9.17) is 20.2 Å². The molecule has 6 aliphatic rings. The number of hydrogen-bond acceptors (Lipinski definition) is 10.